The number of hydrogen-bond acceptors (Lipinski definition) is 3. The van der Waals surface area contributed by atoms with Gasteiger partial charge in [0.15, 0.2) is 0 Å². The number of nitrogens with zero attached hydrogens (tertiary/aromatic N) is 2. The van der Waals surface area contributed by atoms with Crippen molar-refractivity contribution in [1.82, 2.24) is 15.1 Å². The second kappa shape index (κ2) is 7.39. The van der Waals surface area contributed by atoms with Crippen molar-refractivity contribution in [3.8, 4) is 0 Å². The van der Waals surface area contributed by atoms with Gasteiger partial charge in [0.1, 0.15) is 0 Å². The highest BCUT2D eigenvalue weighted by Gasteiger charge is 2.12. The predicted octanol–water partition coefficient (Wildman–Crippen LogP) is 2.09. The molecule has 1 saturated heterocycles. The van der Waals surface area contributed by atoms with E-state index in [1.807, 2.05) is 0 Å². The summed E-state index contributed by atoms with van der Waals surface area (Å²) in [6.45, 7) is 10.1. The molecule has 2 rings (SSSR count). The van der Waals surface area contributed by atoms with Crippen LogP contribution >= 0.6 is 15.9 Å². The van der Waals surface area contributed by atoms with Gasteiger partial charge in [-0.2, -0.15) is 0 Å². The highest BCUT2D eigenvalue weighted by molar-refractivity contribution is 9.10. The third kappa shape index (κ3) is 4.88. The number of hydrogen-bond donors (Lipinski definition) is 1. The number of nitrogens with one attached hydrogen (secondary N) is 1. The van der Waals surface area contributed by atoms with E-state index >= 15 is 0 Å². The molecule has 0 aromatic heterocycles. The molecule has 0 aliphatic carbocycles. The molecule has 1 aromatic carbocycles. The SMILES string of the molecule is Cc1ccc(CNCCN2CCN(C)CC2)c(Br)c1. The van der Waals surface area contributed by atoms with Crippen LogP contribution in [0, 0.1) is 6.92 Å². The number of piperazine rings is 1. The van der Waals surface area contributed by atoms with Gasteiger partial charge in [-0.05, 0) is 31.2 Å². The molecular weight excluding hydrogens is 302 g/mol. The van der Waals surface area contributed by atoms with Gasteiger partial charge in [0.2, 0.25) is 0 Å². The summed E-state index contributed by atoms with van der Waals surface area (Å²) in [5.41, 5.74) is 2.64. The molecular formula is C15H24BrN3. The molecule has 1 aliphatic heterocycles. The van der Waals surface area contributed by atoms with Crippen LogP contribution < -0.4 is 5.32 Å². The van der Waals surface area contributed by atoms with Crippen LogP contribution in [0.4, 0.5) is 0 Å². The lowest BCUT2D eigenvalue weighted by Crippen LogP contribution is -2.46. The first-order valence-electron chi connectivity index (χ1n) is 7.02. The summed E-state index contributed by atoms with van der Waals surface area (Å²) in [6.07, 6.45) is 0. The molecule has 0 radical (unpaired) electrons. The largest absolute Gasteiger partial charge is 0.311 e. The van der Waals surface area contributed by atoms with Crippen molar-refractivity contribution in [2.75, 3.05) is 46.3 Å². The Kier molecular flexibility index (Phi) is 5.82. The van der Waals surface area contributed by atoms with Crippen molar-refractivity contribution < 1.29 is 0 Å². The summed E-state index contributed by atoms with van der Waals surface area (Å²) in [6, 6.07) is 6.54. The van der Waals surface area contributed by atoms with E-state index in [0.717, 1.165) is 19.6 Å². The Labute approximate surface area is 125 Å². The van der Waals surface area contributed by atoms with Crippen molar-refractivity contribution >= 4 is 15.9 Å². The molecule has 1 fully saturated rings. The highest BCUT2D eigenvalue weighted by atomic mass is 79.9. The number of rotatable bonds is 5. The fourth-order valence-corrected chi connectivity index (χ4v) is 2.96. The normalized spacial score (nSPS) is 17.8. The smallest absolute Gasteiger partial charge is 0.0222 e. The molecule has 1 heterocycles. The van der Waals surface area contributed by atoms with Crippen molar-refractivity contribution in [2.45, 2.75) is 13.5 Å². The molecule has 0 spiro atoms. The zero-order valence-corrected chi connectivity index (χ0v) is 13.5. The third-order valence-corrected chi connectivity index (χ3v) is 4.46. The number of benzene rings is 1. The van der Waals surface area contributed by atoms with Crippen LogP contribution in [0.2, 0.25) is 0 Å². The number of aryl methyl sites for hydroxylation is 1. The Morgan fingerprint density at radius 1 is 1.21 bits per heavy atom. The molecule has 4 heteroatoms. The van der Waals surface area contributed by atoms with Gasteiger partial charge in [-0.25, -0.2) is 0 Å². The number of halogens is 1. The van der Waals surface area contributed by atoms with Gasteiger partial charge in [-0.3, -0.25) is 4.90 Å². The van der Waals surface area contributed by atoms with E-state index in [1.54, 1.807) is 0 Å². The molecule has 0 unspecified atom stereocenters. The summed E-state index contributed by atoms with van der Waals surface area (Å²) in [5.74, 6) is 0. The summed E-state index contributed by atoms with van der Waals surface area (Å²) < 4.78 is 1.21. The minimum atomic E-state index is 0.939. The van der Waals surface area contributed by atoms with Crippen molar-refractivity contribution in [3.05, 3.63) is 33.8 Å². The van der Waals surface area contributed by atoms with E-state index in [9.17, 15) is 0 Å². The van der Waals surface area contributed by atoms with Gasteiger partial charge < -0.3 is 10.2 Å². The van der Waals surface area contributed by atoms with Gasteiger partial charge in [-0.1, -0.05) is 28.1 Å². The quantitative estimate of drug-likeness (QED) is 0.836. The maximum Gasteiger partial charge on any atom is 0.0222 e. The summed E-state index contributed by atoms with van der Waals surface area (Å²) in [5, 5.41) is 3.54. The lowest BCUT2D eigenvalue weighted by Gasteiger charge is -2.32. The van der Waals surface area contributed by atoms with Gasteiger partial charge in [0.05, 0.1) is 0 Å². The van der Waals surface area contributed by atoms with Crippen molar-refractivity contribution in [1.29, 1.82) is 0 Å². The third-order valence-electron chi connectivity index (χ3n) is 3.72. The standard InChI is InChI=1S/C15H24BrN3/c1-13-3-4-14(15(16)11-13)12-17-5-6-19-9-7-18(2)8-10-19/h3-4,11,17H,5-10,12H2,1-2H3. The molecule has 0 saturated carbocycles. The van der Waals surface area contributed by atoms with Crippen LogP contribution in [-0.2, 0) is 6.54 Å². The Morgan fingerprint density at radius 2 is 1.95 bits per heavy atom. The molecule has 19 heavy (non-hydrogen) atoms. The minimum Gasteiger partial charge on any atom is -0.311 e. The van der Waals surface area contributed by atoms with Crippen molar-refractivity contribution in [3.63, 3.8) is 0 Å². The van der Waals surface area contributed by atoms with Gasteiger partial charge in [0.25, 0.3) is 0 Å². The molecule has 3 nitrogen and oxygen atoms in total. The van der Waals surface area contributed by atoms with E-state index in [2.05, 4.69) is 63.2 Å². The zero-order valence-electron chi connectivity index (χ0n) is 12.0. The Bertz CT molecular complexity index is 400. The van der Waals surface area contributed by atoms with E-state index < -0.39 is 0 Å². The van der Waals surface area contributed by atoms with Crippen LogP contribution in [0.1, 0.15) is 11.1 Å². The minimum absolute atomic E-state index is 0.939. The van der Waals surface area contributed by atoms with Crippen LogP contribution in [0.5, 0.6) is 0 Å². The van der Waals surface area contributed by atoms with Gasteiger partial charge in [-0.15, -0.1) is 0 Å². The Hall–Kier alpha value is -0.420. The summed E-state index contributed by atoms with van der Waals surface area (Å²) in [7, 11) is 2.20. The Balaban J connectivity index is 1.66. The maximum atomic E-state index is 3.63. The average Bonchev–Trinajstić information content (AvgIpc) is 2.39. The molecule has 1 aromatic rings. The van der Waals surface area contributed by atoms with Crippen LogP contribution in [-0.4, -0.2) is 56.1 Å². The zero-order chi connectivity index (χ0) is 13.7. The number of likely N-dealkylation sites (N-methyl/N-ethyl adjacent to an activating group) is 1. The van der Waals surface area contributed by atoms with Gasteiger partial charge >= 0.3 is 0 Å². The lowest BCUT2D eigenvalue weighted by atomic mass is 10.1. The first kappa shape index (κ1) is 15.0. The predicted molar refractivity (Wildman–Crippen MR) is 84.5 cm³/mol. The molecule has 0 amide bonds. The average molecular weight is 326 g/mol. The fraction of sp³-hybridized carbons (Fsp3) is 0.600. The maximum absolute atomic E-state index is 3.63. The Morgan fingerprint density at radius 3 is 2.63 bits per heavy atom. The van der Waals surface area contributed by atoms with Gasteiger partial charge in [0, 0.05) is 50.3 Å². The summed E-state index contributed by atoms with van der Waals surface area (Å²) >= 11 is 3.63. The van der Waals surface area contributed by atoms with E-state index in [4.69, 9.17) is 0 Å². The molecule has 1 aliphatic rings. The first-order chi connectivity index (χ1) is 9.15. The second-order valence-electron chi connectivity index (χ2n) is 5.42. The molecule has 0 bridgehead atoms. The van der Waals surface area contributed by atoms with Crippen LogP contribution in [0.25, 0.3) is 0 Å². The van der Waals surface area contributed by atoms with Crippen LogP contribution in [0.15, 0.2) is 22.7 Å². The molecule has 1 N–H and O–H groups in total. The highest BCUT2D eigenvalue weighted by Crippen LogP contribution is 2.17. The van der Waals surface area contributed by atoms with E-state index in [0.29, 0.717) is 0 Å². The fourth-order valence-electron chi connectivity index (χ4n) is 2.33. The van der Waals surface area contributed by atoms with Crippen LogP contribution in [0.3, 0.4) is 0 Å². The second-order valence-corrected chi connectivity index (χ2v) is 6.27. The van der Waals surface area contributed by atoms with E-state index in [-0.39, 0.29) is 0 Å². The topological polar surface area (TPSA) is 18.5 Å². The van der Waals surface area contributed by atoms with Crippen molar-refractivity contribution in [2.24, 2.45) is 0 Å². The molecule has 0 atom stereocenters. The summed E-state index contributed by atoms with van der Waals surface area (Å²) in [4.78, 5) is 4.94. The lowest BCUT2D eigenvalue weighted by molar-refractivity contribution is 0.154. The van der Waals surface area contributed by atoms with E-state index in [1.165, 1.54) is 41.8 Å². The first-order valence-corrected chi connectivity index (χ1v) is 7.81. The molecule has 106 valence electrons. The monoisotopic (exact) mass is 325 g/mol.